The van der Waals surface area contributed by atoms with Crippen molar-refractivity contribution in [3.63, 3.8) is 0 Å². The third-order valence-corrected chi connectivity index (χ3v) is 6.17. The van der Waals surface area contributed by atoms with E-state index in [9.17, 15) is 13.2 Å². The second-order valence-electron chi connectivity index (χ2n) is 8.99. The van der Waals surface area contributed by atoms with Crippen LogP contribution in [0, 0.1) is 13.8 Å². The second kappa shape index (κ2) is 11.2. The van der Waals surface area contributed by atoms with Crippen molar-refractivity contribution in [2.45, 2.75) is 52.4 Å². The molecule has 14 heteroatoms. The fraction of sp³-hybridized carbons (Fsp3) is 0.565. The molecule has 0 saturated carbocycles. The molecule has 1 fully saturated rings. The average molecular weight is 524 g/mol. The zero-order valence-electron chi connectivity index (χ0n) is 21.7. The number of carbonyl (C=O) groups is 1. The predicted molar refractivity (Wildman–Crippen MR) is 132 cm³/mol. The Morgan fingerprint density at radius 1 is 1.22 bits per heavy atom. The molecule has 2 atom stereocenters. The number of aliphatic carboxylic acids is 1. The van der Waals surface area contributed by atoms with Crippen LogP contribution in [0.5, 0.6) is 0 Å². The van der Waals surface area contributed by atoms with Gasteiger partial charge in [-0.1, -0.05) is 6.92 Å². The average Bonchev–Trinajstić information content (AvgIpc) is 3.12. The zero-order chi connectivity index (χ0) is 27.5. The number of nitrogens with zero attached hydrogens (tertiary/aromatic N) is 8. The summed E-state index contributed by atoms with van der Waals surface area (Å²) in [5.41, 5.74) is 3.63. The molecular formula is C23H32F3N9O2. The van der Waals surface area contributed by atoms with E-state index in [4.69, 9.17) is 19.9 Å². The number of carboxylic acid groups (broad SMARTS) is 1. The molecule has 0 bridgehead atoms. The minimum atomic E-state index is -5.08. The first kappa shape index (κ1) is 28.0. The lowest BCUT2D eigenvalue weighted by atomic mass is 10.1. The van der Waals surface area contributed by atoms with Gasteiger partial charge in [0.1, 0.15) is 16.9 Å². The smallest absolute Gasteiger partial charge is 0.475 e. The summed E-state index contributed by atoms with van der Waals surface area (Å²) in [6.07, 6.45) is -2.19. The van der Waals surface area contributed by atoms with Gasteiger partial charge in [-0.2, -0.15) is 23.3 Å². The molecule has 4 heterocycles. The van der Waals surface area contributed by atoms with E-state index in [2.05, 4.69) is 51.1 Å². The van der Waals surface area contributed by atoms with Crippen LogP contribution in [0.4, 0.5) is 24.9 Å². The minimum Gasteiger partial charge on any atom is -0.475 e. The standard InChI is InChI=1S/C21H31N9.C2HF3O2/c1-7-16-12-30(11-10-28(16)5)21-25-17-14(3)27-29(6)18(17)20(26-21)24-15(4)19-22-9-8-13(2)23-19;3-2(4,5)1(6)7/h8-9,15-16H,7,10-12H2,1-6H3,(H,24,25,26);(H,6,7). The third kappa shape index (κ3) is 6.61. The number of anilines is 2. The first-order valence-corrected chi connectivity index (χ1v) is 11.8. The van der Waals surface area contributed by atoms with Crippen molar-refractivity contribution in [2.75, 3.05) is 36.9 Å². The molecule has 0 aliphatic carbocycles. The van der Waals surface area contributed by atoms with E-state index in [0.717, 1.165) is 66.1 Å². The van der Waals surface area contributed by atoms with Crippen LogP contribution in [0.15, 0.2) is 12.3 Å². The first-order chi connectivity index (χ1) is 17.3. The van der Waals surface area contributed by atoms with Crippen molar-refractivity contribution < 1.29 is 23.1 Å². The topological polar surface area (TPSA) is 125 Å². The Balaban J connectivity index is 0.000000479. The third-order valence-electron chi connectivity index (χ3n) is 6.17. The van der Waals surface area contributed by atoms with E-state index in [-0.39, 0.29) is 6.04 Å². The summed E-state index contributed by atoms with van der Waals surface area (Å²) >= 11 is 0. The van der Waals surface area contributed by atoms with Crippen LogP contribution in [0.3, 0.4) is 0 Å². The summed E-state index contributed by atoms with van der Waals surface area (Å²) in [5.74, 6) is -0.493. The van der Waals surface area contributed by atoms with Gasteiger partial charge < -0.3 is 15.3 Å². The van der Waals surface area contributed by atoms with E-state index in [1.54, 1.807) is 6.20 Å². The number of carboxylic acids is 1. The molecule has 11 nitrogen and oxygen atoms in total. The number of alkyl halides is 3. The van der Waals surface area contributed by atoms with E-state index in [1.807, 2.05) is 31.6 Å². The SMILES string of the molecule is CCC1CN(c2nc(NC(C)c3nccc(C)n3)c3c(n2)c(C)nn3C)CCN1C.O=C(O)C(F)(F)F. The van der Waals surface area contributed by atoms with Crippen molar-refractivity contribution in [1.82, 2.24) is 34.6 Å². The molecule has 0 spiro atoms. The van der Waals surface area contributed by atoms with Gasteiger partial charge in [0.05, 0.1) is 11.7 Å². The summed E-state index contributed by atoms with van der Waals surface area (Å²) in [7, 11) is 4.12. The Hall–Kier alpha value is -3.55. The van der Waals surface area contributed by atoms with Gasteiger partial charge in [-0.15, -0.1) is 0 Å². The highest BCUT2D eigenvalue weighted by Gasteiger charge is 2.38. The molecule has 3 aromatic rings. The van der Waals surface area contributed by atoms with Gasteiger partial charge in [0.25, 0.3) is 0 Å². The molecular weight excluding hydrogens is 491 g/mol. The summed E-state index contributed by atoms with van der Waals surface area (Å²) in [6.45, 7) is 11.1. The van der Waals surface area contributed by atoms with E-state index in [0.29, 0.717) is 6.04 Å². The van der Waals surface area contributed by atoms with Gasteiger partial charge in [0.15, 0.2) is 5.82 Å². The van der Waals surface area contributed by atoms with Crippen LogP contribution in [0.25, 0.3) is 11.0 Å². The molecule has 1 aliphatic rings. The first-order valence-electron chi connectivity index (χ1n) is 11.8. The number of nitrogens with one attached hydrogen (secondary N) is 1. The summed E-state index contributed by atoms with van der Waals surface area (Å²) in [6, 6.07) is 2.31. The largest absolute Gasteiger partial charge is 0.490 e. The summed E-state index contributed by atoms with van der Waals surface area (Å²) < 4.78 is 33.6. The molecule has 1 saturated heterocycles. The van der Waals surface area contributed by atoms with E-state index < -0.39 is 12.1 Å². The molecule has 1 aliphatic heterocycles. The monoisotopic (exact) mass is 523 g/mol. The van der Waals surface area contributed by atoms with Crippen molar-refractivity contribution in [3.05, 3.63) is 29.5 Å². The van der Waals surface area contributed by atoms with Gasteiger partial charge in [0, 0.05) is 44.6 Å². The number of hydrogen-bond acceptors (Lipinski definition) is 9. The Bertz CT molecular complexity index is 1250. The molecule has 37 heavy (non-hydrogen) atoms. The van der Waals surface area contributed by atoms with Gasteiger partial charge in [-0.05, 0) is 40.3 Å². The Morgan fingerprint density at radius 3 is 2.49 bits per heavy atom. The highest BCUT2D eigenvalue weighted by molar-refractivity contribution is 5.88. The summed E-state index contributed by atoms with van der Waals surface area (Å²) in [4.78, 5) is 32.5. The van der Waals surface area contributed by atoms with Crippen molar-refractivity contribution >= 4 is 28.8 Å². The van der Waals surface area contributed by atoms with Gasteiger partial charge in [-0.25, -0.2) is 19.7 Å². The van der Waals surface area contributed by atoms with E-state index >= 15 is 0 Å². The van der Waals surface area contributed by atoms with Crippen molar-refractivity contribution in [3.8, 4) is 0 Å². The lowest BCUT2D eigenvalue weighted by Gasteiger charge is -2.39. The highest BCUT2D eigenvalue weighted by Crippen LogP contribution is 2.29. The molecule has 202 valence electrons. The lowest BCUT2D eigenvalue weighted by Crippen LogP contribution is -2.51. The Morgan fingerprint density at radius 2 is 1.89 bits per heavy atom. The van der Waals surface area contributed by atoms with Crippen LogP contribution in [-0.2, 0) is 11.8 Å². The maximum Gasteiger partial charge on any atom is 0.490 e. The molecule has 0 aromatic carbocycles. The number of rotatable bonds is 5. The van der Waals surface area contributed by atoms with Crippen LogP contribution < -0.4 is 10.2 Å². The van der Waals surface area contributed by atoms with Crippen LogP contribution in [-0.4, -0.2) is 84.6 Å². The lowest BCUT2D eigenvalue weighted by molar-refractivity contribution is -0.192. The number of fused-ring (bicyclic) bond motifs is 1. The molecule has 3 aromatic heterocycles. The van der Waals surface area contributed by atoms with Crippen molar-refractivity contribution in [2.24, 2.45) is 7.05 Å². The molecule has 2 N–H and O–H groups in total. The second-order valence-corrected chi connectivity index (χ2v) is 8.99. The zero-order valence-corrected chi connectivity index (χ0v) is 21.7. The Labute approximate surface area is 212 Å². The Kier molecular flexibility index (Phi) is 8.51. The summed E-state index contributed by atoms with van der Waals surface area (Å²) in [5, 5.41) is 15.2. The molecule has 2 unspecified atom stereocenters. The molecule has 4 rings (SSSR count). The predicted octanol–water partition coefficient (Wildman–Crippen LogP) is 3.11. The maximum atomic E-state index is 10.6. The van der Waals surface area contributed by atoms with Crippen LogP contribution in [0.2, 0.25) is 0 Å². The van der Waals surface area contributed by atoms with Gasteiger partial charge >= 0.3 is 12.1 Å². The van der Waals surface area contributed by atoms with Gasteiger partial charge in [0.2, 0.25) is 5.95 Å². The number of hydrogen-bond donors (Lipinski definition) is 2. The molecule has 0 radical (unpaired) electrons. The van der Waals surface area contributed by atoms with Gasteiger partial charge in [-0.3, -0.25) is 9.58 Å². The number of aromatic nitrogens is 6. The van der Waals surface area contributed by atoms with Crippen LogP contribution >= 0.6 is 0 Å². The number of halogens is 3. The number of piperazine rings is 1. The fourth-order valence-corrected chi connectivity index (χ4v) is 4.08. The number of aryl methyl sites for hydroxylation is 3. The normalized spacial score (nSPS) is 17.3. The van der Waals surface area contributed by atoms with E-state index in [1.165, 1.54) is 0 Å². The highest BCUT2D eigenvalue weighted by atomic mass is 19.4. The minimum absolute atomic E-state index is 0.0954. The van der Waals surface area contributed by atoms with Crippen LogP contribution in [0.1, 0.15) is 43.5 Å². The van der Waals surface area contributed by atoms with Crippen molar-refractivity contribution in [1.29, 1.82) is 0 Å². The molecule has 0 amide bonds. The number of likely N-dealkylation sites (N-methyl/N-ethyl adjacent to an activating group) is 1. The maximum absolute atomic E-state index is 10.6. The quantitative estimate of drug-likeness (QED) is 0.515. The fourth-order valence-electron chi connectivity index (χ4n) is 4.08.